The van der Waals surface area contributed by atoms with Gasteiger partial charge in [0.2, 0.25) is 0 Å². The number of hydrogen-bond donors (Lipinski definition) is 2. The van der Waals surface area contributed by atoms with E-state index in [0.717, 1.165) is 0 Å². The van der Waals surface area contributed by atoms with Crippen LogP contribution in [0.4, 0.5) is 10.5 Å². The van der Waals surface area contributed by atoms with E-state index in [4.69, 9.17) is 34.8 Å². The molecule has 0 aliphatic heterocycles. The molecule has 0 saturated heterocycles. The Balaban J connectivity index is 2.52. The van der Waals surface area contributed by atoms with Crippen molar-refractivity contribution in [1.29, 1.82) is 0 Å². The van der Waals surface area contributed by atoms with Crippen LogP contribution < -0.4 is 10.6 Å². The molecule has 0 bridgehead atoms. The predicted molar refractivity (Wildman–Crippen MR) is 63.9 cm³/mol. The standard InChI is InChI=1S/C9H7Cl3N2O2/c10-9(11,12)7(15)14-8(16)13-6-4-2-1-3-5-6/h1-5H,(H2,13,14,15,16). The number of carbonyl (C=O) groups excluding carboxylic acids is 2. The molecule has 0 unspecified atom stereocenters. The van der Waals surface area contributed by atoms with Crippen molar-refractivity contribution in [3.63, 3.8) is 0 Å². The molecule has 1 rings (SSSR count). The van der Waals surface area contributed by atoms with Crippen LogP contribution in [-0.2, 0) is 4.79 Å². The average Bonchev–Trinajstić information content (AvgIpc) is 2.17. The van der Waals surface area contributed by atoms with Crippen molar-refractivity contribution in [2.75, 3.05) is 5.32 Å². The van der Waals surface area contributed by atoms with Gasteiger partial charge in [-0.15, -0.1) is 0 Å². The molecule has 0 spiro atoms. The zero-order chi connectivity index (χ0) is 12.2. The monoisotopic (exact) mass is 280 g/mol. The normalized spacial score (nSPS) is 10.7. The van der Waals surface area contributed by atoms with Gasteiger partial charge in [0.25, 0.3) is 9.70 Å². The third-order valence-electron chi connectivity index (χ3n) is 1.52. The number of nitrogens with one attached hydrogen (secondary N) is 2. The lowest BCUT2D eigenvalue weighted by molar-refractivity contribution is -0.119. The SMILES string of the molecule is O=C(NC(=O)C(Cl)(Cl)Cl)Nc1ccccc1. The van der Waals surface area contributed by atoms with Gasteiger partial charge in [-0.1, -0.05) is 53.0 Å². The number of alkyl halides is 3. The van der Waals surface area contributed by atoms with Crippen LogP contribution in [0.3, 0.4) is 0 Å². The molecule has 0 aromatic heterocycles. The number of benzene rings is 1. The molecule has 0 atom stereocenters. The molecule has 0 heterocycles. The maximum atomic E-state index is 11.3. The number of halogens is 3. The van der Waals surface area contributed by atoms with Crippen molar-refractivity contribution in [2.24, 2.45) is 0 Å². The van der Waals surface area contributed by atoms with Crippen molar-refractivity contribution in [2.45, 2.75) is 3.79 Å². The summed E-state index contributed by atoms with van der Waals surface area (Å²) in [5.74, 6) is -1.01. The summed E-state index contributed by atoms with van der Waals surface area (Å²) in [4.78, 5) is 22.3. The minimum absolute atomic E-state index is 0.525. The van der Waals surface area contributed by atoms with Crippen LogP contribution in [0.1, 0.15) is 0 Å². The summed E-state index contributed by atoms with van der Waals surface area (Å²) in [5, 5.41) is 4.28. The van der Waals surface area contributed by atoms with E-state index in [2.05, 4.69) is 5.32 Å². The topological polar surface area (TPSA) is 58.2 Å². The molecule has 0 fully saturated rings. The summed E-state index contributed by atoms with van der Waals surface area (Å²) in [7, 11) is 0. The molecule has 0 saturated carbocycles. The Hall–Kier alpha value is -0.970. The van der Waals surface area contributed by atoms with Gasteiger partial charge in [0.1, 0.15) is 0 Å². The highest BCUT2D eigenvalue weighted by molar-refractivity contribution is 6.76. The zero-order valence-electron chi connectivity index (χ0n) is 7.84. The van der Waals surface area contributed by atoms with Gasteiger partial charge in [-0.2, -0.15) is 0 Å². The van der Waals surface area contributed by atoms with Gasteiger partial charge in [0.15, 0.2) is 0 Å². The molecule has 86 valence electrons. The molecule has 16 heavy (non-hydrogen) atoms. The second-order valence-corrected chi connectivity index (χ2v) is 5.05. The number of carbonyl (C=O) groups is 2. The summed E-state index contributed by atoms with van der Waals surface area (Å²) in [6, 6.07) is 7.79. The van der Waals surface area contributed by atoms with E-state index < -0.39 is 15.7 Å². The minimum Gasteiger partial charge on any atom is -0.308 e. The predicted octanol–water partition coefficient (Wildman–Crippen LogP) is 2.70. The van der Waals surface area contributed by atoms with E-state index in [1.54, 1.807) is 30.3 Å². The first-order chi connectivity index (χ1) is 7.39. The Morgan fingerprint density at radius 3 is 2.12 bits per heavy atom. The van der Waals surface area contributed by atoms with Gasteiger partial charge in [0.05, 0.1) is 0 Å². The molecule has 0 aliphatic carbocycles. The number of imide groups is 1. The lowest BCUT2D eigenvalue weighted by Crippen LogP contribution is -2.41. The summed E-state index contributed by atoms with van der Waals surface area (Å²) < 4.78 is -2.16. The maximum Gasteiger partial charge on any atom is 0.326 e. The highest BCUT2D eigenvalue weighted by Gasteiger charge is 2.31. The Labute approximate surface area is 107 Å². The van der Waals surface area contributed by atoms with Crippen LogP contribution in [0.25, 0.3) is 0 Å². The molecule has 4 nitrogen and oxygen atoms in total. The fourth-order valence-corrected chi connectivity index (χ4v) is 1.000. The van der Waals surface area contributed by atoms with Gasteiger partial charge < -0.3 is 5.32 Å². The van der Waals surface area contributed by atoms with E-state index in [1.165, 1.54) is 0 Å². The maximum absolute atomic E-state index is 11.3. The van der Waals surface area contributed by atoms with Crippen molar-refractivity contribution in [3.05, 3.63) is 30.3 Å². The molecule has 7 heteroatoms. The van der Waals surface area contributed by atoms with Crippen molar-refractivity contribution < 1.29 is 9.59 Å². The fraction of sp³-hybridized carbons (Fsp3) is 0.111. The largest absolute Gasteiger partial charge is 0.326 e. The van der Waals surface area contributed by atoms with E-state index >= 15 is 0 Å². The third-order valence-corrected chi connectivity index (χ3v) is 2.03. The number of rotatable bonds is 1. The molecule has 3 amide bonds. The smallest absolute Gasteiger partial charge is 0.308 e. The second-order valence-electron chi connectivity index (χ2n) is 2.77. The first-order valence-electron chi connectivity index (χ1n) is 4.14. The van der Waals surface area contributed by atoms with E-state index in [9.17, 15) is 9.59 Å². The summed E-state index contributed by atoms with van der Waals surface area (Å²) >= 11 is 15.8. The highest BCUT2D eigenvalue weighted by Crippen LogP contribution is 2.25. The van der Waals surface area contributed by atoms with Crippen LogP contribution in [0.15, 0.2) is 30.3 Å². The summed E-state index contributed by atoms with van der Waals surface area (Å²) in [5.41, 5.74) is 0.525. The van der Waals surface area contributed by atoms with Gasteiger partial charge in [-0.3, -0.25) is 10.1 Å². The Kier molecular flexibility index (Phi) is 4.41. The molecule has 2 N–H and O–H groups in total. The van der Waals surface area contributed by atoms with Crippen LogP contribution in [0.2, 0.25) is 0 Å². The molecular weight excluding hydrogens is 274 g/mol. The lowest BCUT2D eigenvalue weighted by Gasteiger charge is -2.11. The van der Waals surface area contributed by atoms with Crippen molar-refractivity contribution >= 4 is 52.4 Å². The fourth-order valence-electron chi connectivity index (χ4n) is 0.858. The number of urea groups is 1. The quantitative estimate of drug-likeness (QED) is 0.778. The molecule has 0 aliphatic rings. The number of para-hydroxylation sites is 1. The minimum atomic E-state index is -2.16. The average molecular weight is 282 g/mol. The Bertz CT molecular complexity index is 389. The molecule has 1 aromatic rings. The molecular formula is C9H7Cl3N2O2. The van der Waals surface area contributed by atoms with Gasteiger partial charge in [-0.25, -0.2) is 4.79 Å². The van der Waals surface area contributed by atoms with Gasteiger partial charge >= 0.3 is 6.03 Å². The van der Waals surface area contributed by atoms with Gasteiger partial charge in [-0.05, 0) is 12.1 Å². The summed E-state index contributed by atoms with van der Waals surface area (Å²) in [6.45, 7) is 0. The van der Waals surface area contributed by atoms with E-state index in [0.29, 0.717) is 5.69 Å². The Morgan fingerprint density at radius 1 is 1.06 bits per heavy atom. The zero-order valence-corrected chi connectivity index (χ0v) is 10.1. The van der Waals surface area contributed by atoms with Gasteiger partial charge in [0, 0.05) is 5.69 Å². The first-order valence-corrected chi connectivity index (χ1v) is 5.27. The van der Waals surface area contributed by atoms with Crippen LogP contribution in [-0.4, -0.2) is 15.7 Å². The number of anilines is 1. The van der Waals surface area contributed by atoms with Crippen molar-refractivity contribution in [1.82, 2.24) is 5.32 Å². The number of hydrogen-bond acceptors (Lipinski definition) is 2. The second kappa shape index (κ2) is 5.39. The molecule has 0 radical (unpaired) electrons. The lowest BCUT2D eigenvalue weighted by atomic mass is 10.3. The first kappa shape index (κ1) is 13.1. The molecule has 1 aromatic carbocycles. The highest BCUT2D eigenvalue weighted by atomic mass is 35.6. The van der Waals surface area contributed by atoms with E-state index in [1.807, 2.05) is 5.32 Å². The van der Waals surface area contributed by atoms with Crippen LogP contribution in [0.5, 0.6) is 0 Å². The van der Waals surface area contributed by atoms with Crippen molar-refractivity contribution in [3.8, 4) is 0 Å². The van der Waals surface area contributed by atoms with Crippen LogP contribution >= 0.6 is 34.8 Å². The third kappa shape index (κ3) is 4.26. The van der Waals surface area contributed by atoms with E-state index in [-0.39, 0.29) is 0 Å². The summed E-state index contributed by atoms with van der Waals surface area (Å²) in [6.07, 6.45) is 0. The van der Waals surface area contributed by atoms with Crippen LogP contribution in [0, 0.1) is 0 Å². The Morgan fingerprint density at radius 2 is 1.62 bits per heavy atom. The number of amides is 3.